The van der Waals surface area contributed by atoms with Crippen LogP contribution in [0.1, 0.15) is 44.1 Å². The maximum atomic E-state index is 6.15. The van der Waals surface area contributed by atoms with Crippen LogP contribution in [0.2, 0.25) is 10.0 Å². The number of halogens is 2. The van der Waals surface area contributed by atoms with Crippen molar-refractivity contribution in [1.29, 1.82) is 0 Å². The fraction of sp³-hybridized carbons (Fsp3) is 0.667. The number of likely N-dealkylation sites (tertiary alicyclic amines) is 1. The summed E-state index contributed by atoms with van der Waals surface area (Å²) in [5.41, 5.74) is 1.95. The standard InChI is InChI=1S/C18H23Cl2N/c19-16-5-3-14(9-17(16)20)11-21-7-1-6-18(12-21)10-13-2-4-15(18)8-13/h3,5,9,13,15H,1-2,4,6-8,10-12H2. The van der Waals surface area contributed by atoms with Crippen LogP contribution in [0.5, 0.6) is 0 Å². The van der Waals surface area contributed by atoms with Crippen molar-refractivity contribution in [2.45, 2.75) is 45.1 Å². The molecular formula is C18H23Cl2N. The first-order valence-corrected chi connectivity index (χ1v) is 9.06. The van der Waals surface area contributed by atoms with Gasteiger partial charge in [0.15, 0.2) is 0 Å². The molecule has 114 valence electrons. The summed E-state index contributed by atoms with van der Waals surface area (Å²) in [5.74, 6) is 2.05. The van der Waals surface area contributed by atoms with Gasteiger partial charge in [0.1, 0.15) is 0 Å². The fourth-order valence-corrected chi connectivity index (χ4v) is 5.67. The van der Waals surface area contributed by atoms with Crippen molar-refractivity contribution < 1.29 is 0 Å². The zero-order chi connectivity index (χ0) is 14.4. The minimum atomic E-state index is 0.650. The Morgan fingerprint density at radius 3 is 2.81 bits per heavy atom. The summed E-state index contributed by atoms with van der Waals surface area (Å²) in [7, 11) is 0. The molecule has 1 nitrogen and oxygen atoms in total. The molecule has 3 unspecified atom stereocenters. The highest BCUT2D eigenvalue weighted by molar-refractivity contribution is 6.42. The first kappa shape index (κ1) is 14.4. The summed E-state index contributed by atoms with van der Waals surface area (Å²) in [6, 6.07) is 6.08. The van der Waals surface area contributed by atoms with Crippen LogP contribution in [0.15, 0.2) is 18.2 Å². The van der Waals surface area contributed by atoms with Gasteiger partial charge in [0.25, 0.3) is 0 Å². The maximum absolute atomic E-state index is 6.15. The molecule has 1 spiro atoms. The van der Waals surface area contributed by atoms with E-state index in [9.17, 15) is 0 Å². The number of hydrogen-bond acceptors (Lipinski definition) is 1. The lowest BCUT2D eigenvalue weighted by molar-refractivity contribution is 0.0344. The third kappa shape index (κ3) is 2.62. The number of piperidine rings is 1. The van der Waals surface area contributed by atoms with Crippen molar-refractivity contribution in [2.24, 2.45) is 17.3 Å². The minimum absolute atomic E-state index is 0.650. The molecule has 1 aliphatic heterocycles. The summed E-state index contributed by atoms with van der Waals surface area (Å²) in [6.45, 7) is 3.56. The molecular weight excluding hydrogens is 301 g/mol. The second-order valence-electron chi connectivity index (χ2n) is 7.51. The molecule has 3 atom stereocenters. The zero-order valence-electron chi connectivity index (χ0n) is 12.5. The van der Waals surface area contributed by atoms with Crippen molar-refractivity contribution >= 4 is 23.2 Å². The minimum Gasteiger partial charge on any atom is -0.299 e. The van der Waals surface area contributed by atoms with E-state index in [-0.39, 0.29) is 0 Å². The van der Waals surface area contributed by atoms with E-state index in [1.807, 2.05) is 12.1 Å². The number of hydrogen-bond donors (Lipinski definition) is 0. The Labute approximate surface area is 137 Å². The highest BCUT2D eigenvalue weighted by Crippen LogP contribution is 2.59. The Kier molecular flexibility index (Phi) is 3.72. The van der Waals surface area contributed by atoms with E-state index in [0.717, 1.165) is 18.4 Å². The molecule has 3 heteroatoms. The van der Waals surface area contributed by atoms with Gasteiger partial charge >= 0.3 is 0 Å². The molecule has 2 aliphatic carbocycles. The van der Waals surface area contributed by atoms with Crippen LogP contribution in [-0.2, 0) is 6.54 Å². The second kappa shape index (κ2) is 5.44. The van der Waals surface area contributed by atoms with E-state index in [1.54, 1.807) is 0 Å². The molecule has 1 saturated heterocycles. The van der Waals surface area contributed by atoms with Gasteiger partial charge in [-0.25, -0.2) is 0 Å². The Morgan fingerprint density at radius 2 is 2.10 bits per heavy atom. The van der Waals surface area contributed by atoms with Gasteiger partial charge in [-0.1, -0.05) is 35.7 Å². The summed E-state index contributed by atoms with van der Waals surface area (Å²) in [4.78, 5) is 2.66. The molecule has 3 aliphatic rings. The third-order valence-corrected chi connectivity index (χ3v) is 6.92. The van der Waals surface area contributed by atoms with Crippen LogP contribution < -0.4 is 0 Å². The van der Waals surface area contributed by atoms with E-state index in [2.05, 4.69) is 11.0 Å². The summed E-state index contributed by atoms with van der Waals surface area (Å²) < 4.78 is 0. The topological polar surface area (TPSA) is 3.24 Å². The Hall–Kier alpha value is -0.240. The van der Waals surface area contributed by atoms with Gasteiger partial charge in [-0.15, -0.1) is 0 Å². The highest BCUT2D eigenvalue weighted by atomic mass is 35.5. The number of fused-ring (bicyclic) bond motifs is 3. The highest BCUT2D eigenvalue weighted by Gasteiger charge is 2.51. The van der Waals surface area contributed by atoms with Crippen LogP contribution in [-0.4, -0.2) is 18.0 Å². The molecule has 1 heterocycles. The molecule has 2 bridgehead atoms. The van der Waals surface area contributed by atoms with Crippen molar-refractivity contribution in [3.8, 4) is 0 Å². The Balaban J connectivity index is 1.47. The lowest BCUT2D eigenvalue weighted by atomic mass is 9.68. The second-order valence-corrected chi connectivity index (χ2v) is 8.32. The third-order valence-electron chi connectivity index (χ3n) is 6.18. The van der Waals surface area contributed by atoms with Gasteiger partial charge in [0, 0.05) is 13.1 Å². The molecule has 0 aromatic heterocycles. The summed E-state index contributed by atoms with van der Waals surface area (Å²) >= 11 is 12.2. The van der Waals surface area contributed by atoms with Gasteiger partial charge < -0.3 is 0 Å². The Bertz CT molecular complexity index is 544. The molecule has 2 saturated carbocycles. The van der Waals surface area contributed by atoms with Crippen molar-refractivity contribution in [2.75, 3.05) is 13.1 Å². The first-order valence-electron chi connectivity index (χ1n) is 8.31. The van der Waals surface area contributed by atoms with Crippen molar-refractivity contribution in [3.63, 3.8) is 0 Å². The summed E-state index contributed by atoms with van der Waals surface area (Å²) in [5, 5.41) is 1.34. The predicted octanol–water partition coefficient (Wildman–Crippen LogP) is 5.40. The largest absolute Gasteiger partial charge is 0.299 e. The molecule has 3 fully saturated rings. The normalized spacial score (nSPS) is 35.7. The zero-order valence-corrected chi connectivity index (χ0v) is 14.0. The van der Waals surface area contributed by atoms with Crippen LogP contribution in [0.3, 0.4) is 0 Å². The van der Waals surface area contributed by atoms with E-state index in [1.165, 1.54) is 57.2 Å². The molecule has 0 radical (unpaired) electrons. The number of rotatable bonds is 2. The molecule has 0 N–H and O–H groups in total. The maximum Gasteiger partial charge on any atom is 0.0595 e. The van der Waals surface area contributed by atoms with Gasteiger partial charge in [-0.2, -0.15) is 0 Å². The monoisotopic (exact) mass is 323 g/mol. The fourth-order valence-electron chi connectivity index (χ4n) is 5.35. The van der Waals surface area contributed by atoms with Crippen LogP contribution >= 0.6 is 23.2 Å². The first-order chi connectivity index (χ1) is 10.1. The van der Waals surface area contributed by atoms with Gasteiger partial charge in [-0.3, -0.25) is 4.90 Å². The van der Waals surface area contributed by atoms with E-state index < -0.39 is 0 Å². The van der Waals surface area contributed by atoms with E-state index >= 15 is 0 Å². The van der Waals surface area contributed by atoms with Gasteiger partial charge in [-0.05, 0) is 73.6 Å². The molecule has 1 aromatic rings. The molecule has 0 amide bonds. The average Bonchev–Trinajstić information content (AvgIpc) is 3.04. The van der Waals surface area contributed by atoms with Crippen molar-refractivity contribution in [1.82, 2.24) is 4.90 Å². The van der Waals surface area contributed by atoms with Gasteiger partial charge in [0.2, 0.25) is 0 Å². The smallest absolute Gasteiger partial charge is 0.0595 e. The lowest BCUT2D eigenvalue weighted by Gasteiger charge is -2.46. The molecule has 21 heavy (non-hydrogen) atoms. The van der Waals surface area contributed by atoms with E-state index in [0.29, 0.717) is 15.5 Å². The average molecular weight is 324 g/mol. The predicted molar refractivity (Wildman–Crippen MR) is 88.9 cm³/mol. The van der Waals surface area contributed by atoms with Crippen LogP contribution in [0.4, 0.5) is 0 Å². The Morgan fingerprint density at radius 1 is 1.19 bits per heavy atom. The number of nitrogens with zero attached hydrogens (tertiary/aromatic N) is 1. The number of benzene rings is 1. The van der Waals surface area contributed by atoms with Gasteiger partial charge in [0.05, 0.1) is 10.0 Å². The molecule has 1 aromatic carbocycles. The van der Waals surface area contributed by atoms with Crippen LogP contribution in [0.25, 0.3) is 0 Å². The van der Waals surface area contributed by atoms with Crippen molar-refractivity contribution in [3.05, 3.63) is 33.8 Å². The quantitative estimate of drug-likeness (QED) is 0.704. The summed E-state index contributed by atoms with van der Waals surface area (Å²) in [6.07, 6.45) is 8.83. The van der Waals surface area contributed by atoms with Crippen LogP contribution in [0, 0.1) is 17.3 Å². The SMILES string of the molecule is Clc1ccc(CN2CCCC3(CC4CCC3C4)C2)cc1Cl. The lowest BCUT2D eigenvalue weighted by Crippen LogP contribution is -2.45. The molecule has 4 rings (SSSR count). The van der Waals surface area contributed by atoms with E-state index in [4.69, 9.17) is 23.2 Å².